The third kappa shape index (κ3) is 1.77. The Morgan fingerprint density at radius 1 is 1.44 bits per heavy atom. The number of ether oxygens (including phenoxy) is 2. The quantitative estimate of drug-likeness (QED) is 0.732. The summed E-state index contributed by atoms with van der Waals surface area (Å²) in [6, 6.07) is 3.97. The number of hydrogen-bond acceptors (Lipinski definition) is 3. The second kappa shape index (κ2) is 4.56. The van der Waals surface area contributed by atoms with Crippen molar-refractivity contribution in [3.63, 3.8) is 0 Å². The Morgan fingerprint density at radius 2 is 2.25 bits per heavy atom. The molecule has 16 heavy (non-hydrogen) atoms. The maximum absolute atomic E-state index is 10.6. The van der Waals surface area contributed by atoms with Gasteiger partial charge in [-0.3, -0.25) is 0 Å². The molecule has 1 aromatic carbocycles. The van der Waals surface area contributed by atoms with E-state index >= 15 is 0 Å². The van der Waals surface area contributed by atoms with E-state index in [2.05, 4.69) is 13.8 Å². The zero-order valence-corrected chi connectivity index (χ0v) is 9.66. The lowest BCUT2D eigenvalue weighted by molar-refractivity contribution is -0.108. The maximum Gasteiger partial charge on any atom is 0.231 e. The van der Waals surface area contributed by atoms with Gasteiger partial charge in [-0.15, -0.1) is 0 Å². The highest BCUT2D eigenvalue weighted by molar-refractivity contribution is 5.56. The fraction of sp³-hybridized carbons (Fsp3) is 0.462. The Hall–Kier alpha value is -1.51. The minimum absolute atomic E-state index is 0.238. The van der Waals surface area contributed by atoms with Gasteiger partial charge in [-0.05, 0) is 24.0 Å². The third-order valence-electron chi connectivity index (χ3n) is 3.01. The molecule has 1 aliphatic heterocycles. The molecule has 0 aromatic heterocycles. The second-order valence-electron chi connectivity index (χ2n) is 4.02. The van der Waals surface area contributed by atoms with Gasteiger partial charge in [0.05, 0.1) is 0 Å². The highest BCUT2D eigenvalue weighted by Gasteiger charge is 2.21. The Bertz CT molecular complexity index is 398. The van der Waals surface area contributed by atoms with E-state index in [1.54, 1.807) is 0 Å². The first-order valence-electron chi connectivity index (χ1n) is 5.63. The zero-order chi connectivity index (χ0) is 11.5. The van der Waals surface area contributed by atoms with Crippen molar-refractivity contribution in [1.29, 1.82) is 0 Å². The Balaban J connectivity index is 2.42. The highest BCUT2D eigenvalue weighted by atomic mass is 16.7. The van der Waals surface area contributed by atoms with Crippen LogP contribution in [0.1, 0.15) is 37.3 Å². The number of aldehydes is 1. The van der Waals surface area contributed by atoms with Crippen LogP contribution in [0.2, 0.25) is 0 Å². The molecule has 86 valence electrons. The van der Waals surface area contributed by atoms with Gasteiger partial charge in [0, 0.05) is 12.0 Å². The minimum Gasteiger partial charge on any atom is -0.454 e. The average Bonchev–Trinajstić information content (AvgIpc) is 2.75. The fourth-order valence-corrected chi connectivity index (χ4v) is 2.14. The molecule has 1 aliphatic rings. The smallest absolute Gasteiger partial charge is 0.231 e. The van der Waals surface area contributed by atoms with Gasteiger partial charge in [0.25, 0.3) is 0 Å². The molecule has 1 aromatic rings. The van der Waals surface area contributed by atoms with Crippen molar-refractivity contribution in [3.05, 3.63) is 23.3 Å². The molecule has 0 radical (unpaired) electrons. The van der Waals surface area contributed by atoms with Crippen LogP contribution in [0.3, 0.4) is 0 Å². The number of benzene rings is 1. The van der Waals surface area contributed by atoms with E-state index in [0.717, 1.165) is 24.2 Å². The van der Waals surface area contributed by atoms with Crippen LogP contribution < -0.4 is 9.47 Å². The average molecular weight is 220 g/mol. The lowest BCUT2D eigenvalue weighted by atomic mass is 9.91. The van der Waals surface area contributed by atoms with Crippen molar-refractivity contribution >= 4 is 6.29 Å². The van der Waals surface area contributed by atoms with Gasteiger partial charge in [0.1, 0.15) is 6.29 Å². The minimum atomic E-state index is 0.238. The molecule has 1 atom stereocenters. The Kier molecular flexibility index (Phi) is 3.13. The van der Waals surface area contributed by atoms with Gasteiger partial charge in [0.2, 0.25) is 6.79 Å². The lowest BCUT2D eigenvalue weighted by Gasteiger charge is -2.15. The van der Waals surface area contributed by atoms with E-state index in [0.29, 0.717) is 13.2 Å². The van der Waals surface area contributed by atoms with E-state index in [9.17, 15) is 4.79 Å². The third-order valence-corrected chi connectivity index (χ3v) is 3.01. The van der Waals surface area contributed by atoms with Crippen molar-refractivity contribution in [2.75, 3.05) is 6.79 Å². The summed E-state index contributed by atoms with van der Waals surface area (Å²) >= 11 is 0. The van der Waals surface area contributed by atoms with Crippen molar-refractivity contribution < 1.29 is 14.3 Å². The monoisotopic (exact) mass is 220 g/mol. The Morgan fingerprint density at radius 3 is 2.94 bits per heavy atom. The topological polar surface area (TPSA) is 35.5 Å². The number of hydrogen-bond donors (Lipinski definition) is 0. The molecule has 1 unspecified atom stereocenters. The van der Waals surface area contributed by atoms with Crippen LogP contribution in [0.25, 0.3) is 0 Å². The zero-order valence-electron chi connectivity index (χ0n) is 9.66. The lowest BCUT2D eigenvalue weighted by Crippen LogP contribution is -2.01. The van der Waals surface area contributed by atoms with Crippen molar-refractivity contribution in [1.82, 2.24) is 0 Å². The first-order chi connectivity index (χ1) is 7.77. The number of rotatable bonds is 4. The van der Waals surface area contributed by atoms with Crippen LogP contribution in [-0.2, 0) is 11.2 Å². The second-order valence-corrected chi connectivity index (χ2v) is 4.02. The molecule has 0 spiro atoms. The number of carbonyl (C=O) groups is 1. The summed E-state index contributed by atoms with van der Waals surface area (Å²) in [4.78, 5) is 10.6. The predicted molar refractivity (Wildman–Crippen MR) is 61.0 cm³/mol. The fourth-order valence-electron chi connectivity index (χ4n) is 2.14. The predicted octanol–water partition coefficient (Wildman–Crippen LogP) is 2.67. The maximum atomic E-state index is 10.6. The van der Waals surface area contributed by atoms with Crippen LogP contribution >= 0.6 is 0 Å². The molecule has 3 nitrogen and oxygen atoms in total. The first kappa shape index (κ1) is 11.0. The van der Waals surface area contributed by atoms with Gasteiger partial charge >= 0.3 is 0 Å². The SMILES string of the molecule is CCc1c(C(C)CC=O)ccc2c1OCO2. The summed E-state index contributed by atoms with van der Waals surface area (Å²) in [6.07, 6.45) is 2.41. The largest absolute Gasteiger partial charge is 0.454 e. The van der Waals surface area contributed by atoms with Crippen LogP contribution in [0.5, 0.6) is 11.5 Å². The van der Waals surface area contributed by atoms with Gasteiger partial charge in [-0.1, -0.05) is 19.9 Å². The molecule has 0 amide bonds. The molecule has 0 saturated heterocycles. The standard InChI is InChI=1S/C13H16O3/c1-3-10-11(9(2)6-7-14)4-5-12-13(10)16-8-15-12/h4-5,7,9H,3,6,8H2,1-2H3. The molecule has 0 saturated carbocycles. The molecular formula is C13H16O3. The van der Waals surface area contributed by atoms with Gasteiger partial charge in [-0.25, -0.2) is 0 Å². The van der Waals surface area contributed by atoms with E-state index < -0.39 is 0 Å². The van der Waals surface area contributed by atoms with E-state index in [1.807, 2.05) is 12.1 Å². The van der Waals surface area contributed by atoms with Gasteiger partial charge in [-0.2, -0.15) is 0 Å². The van der Waals surface area contributed by atoms with Gasteiger partial charge in [0.15, 0.2) is 11.5 Å². The molecule has 3 heteroatoms. The van der Waals surface area contributed by atoms with E-state index in [1.165, 1.54) is 11.1 Å². The molecule has 0 fully saturated rings. The highest BCUT2D eigenvalue weighted by Crippen LogP contribution is 2.40. The van der Waals surface area contributed by atoms with Crippen LogP contribution in [0.15, 0.2) is 12.1 Å². The van der Waals surface area contributed by atoms with Crippen molar-refractivity contribution in [2.45, 2.75) is 32.6 Å². The van der Waals surface area contributed by atoms with Crippen LogP contribution in [0, 0.1) is 0 Å². The summed E-state index contributed by atoms with van der Waals surface area (Å²) in [6.45, 7) is 4.45. The summed E-state index contributed by atoms with van der Waals surface area (Å²) in [5.74, 6) is 1.92. The van der Waals surface area contributed by atoms with Crippen molar-refractivity contribution in [2.24, 2.45) is 0 Å². The molecular weight excluding hydrogens is 204 g/mol. The van der Waals surface area contributed by atoms with Crippen LogP contribution in [-0.4, -0.2) is 13.1 Å². The van der Waals surface area contributed by atoms with E-state index in [4.69, 9.17) is 9.47 Å². The summed E-state index contributed by atoms with van der Waals surface area (Å²) in [5, 5.41) is 0. The summed E-state index contributed by atoms with van der Waals surface area (Å²) in [5.41, 5.74) is 2.36. The number of fused-ring (bicyclic) bond motifs is 1. The molecule has 0 bridgehead atoms. The molecule has 1 heterocycles. The van der Waals surface area contributed by atoms with E-state index in [-0.39, 0.29) is 5.92 Å². The normalized spacial score (nSPS) is 14.9. The molecule has 0 N–H and O–H groups in total. The molecule has 2 rings (SSSR count). The summed E-state index contributed by atoms with van der Waals surface area (Å²) < 4.78 is 10.8. The summed E-state index contributed by atoms with van der Waals surface area (Å²) in [7, 11) is 0. The Labute approximate surface area is 95.4 Å². The van der Waals surface area contributed by atoms with Crippen LogP contribution in [0.4, 0.5) is 0 Å². The first-order valence-corrected chi connectivity index (χ1v) is 5.63. The number of carbonyl (C=O) groups excluding carboxylic acids is 1. The molecule has 0 aliphatic carbocycles. The van der Waals surface area contributed by atoms with Gasteiger partial charge < -0.3 is 14.3 Å². The van der Waals surface area contributed by atoms with Crippen molar-refractivity contribution in [3.8, 4) is 11.5 Å².